The number of carbonyl (C=O) groups is 1. The van der Waals surface area contributed by atoms with Crippen molar-refractivity contribution in [1.82, 2.24) is 15.5 Å². The first-order valence-electron chi connectivity index (χ1n) is 4.57. The zero-order valence-electron chi connectivity index (χ0n) is 7.89. The van der Waals surface area contributed by atoms with Gasteiger partial charge in [0, 0.05) is 0 Å². The molecule has 80 valence electrons. The lowest BCUT2D eigenvalue weighted by Gasteiger charge is -2.13. The van der Waals surface area contributed by atoms with Crippen LogP contribution in [0.1, 0.15) is 10.4 Å². The molecule has 1 aromatic heterocycles. The molecule has 6 heteroatoms. The Hall–Kier alpha value is -1.01. The third kappa shape index (κ3) is 2.51. The quantitative estimate of drug-likeness (QED) is 0.790. The number of halogens is 1. The van der Waals surface area contributed by atoms with E-state index in [1.54, 1.807) is 6.07 Å². The Morgan fingerprint density at radius 3 is 3.00 bits per heavy atom. The van der Waals surface area contributed by atoms with Crippen LogP contribution in [0.4, 0.5) is 0 Å². The molecule has 1 aliphatic rings. The summed E-state index contributed by atoms with van der Waals surface area (Å²) in [6, 6.07) is 1.65. The largest absolute Gasteiger partial charge is 0.378 e. The minimum atomic E-state index is -0.148. The van der Waals surface area contributed by atoms with Gasteiger partial charge in [-0.15, -0.1) is 0 Å². The average Bonchev–Trinajstić information content (AvgIpc) is 2.66. The summed E-state index contributed by atoms with van der Waals surface area (Å²) in [5.74, 6) is -0.148. The Morgan fingerprint density at radius 2 is 2.40 bits per heavy atom. The van der Waals surface area contributed by atoms with Crippen LogP contribution in [0.25, 0.3) is 0 Å². The van der Waals surface area contributed by atoms with E-state index >= 15 is 0 Å². The summed E-state index contributed by atoms with van der Waals surface area (Å²) in [4.78, 5) is 11.9. The molecule has 0 radical (unpaired) electrons. The third-order valence-corrected chi connectivity index (χ3v) is 3.08. The summed E-state index contributed by atoms with van der Waals surface area (Å²) in [6.07, 6.45) is 2.93. The van der Waals surface area contributed by atoms with Crippen molar-refractivity contribution in [3.63, 3.8) is 0 Å². The first-order chi connectivity index (χ1) is 7.27. The van der Waals surface area contributed by atoms with Gasteiger partial charge in [0.15, 0.2) is 0 Å². The van der Waals surface area contributed by atoms with E-state index in [9.17, 15) is 4.79 Å². The fourth-order valence-corrected chi connectivity index (χ4v) is 1.81. The van der Waals surface area contributed by atoms with E-state index in [4.69, 9.17) is 4.74 Å². The van der Waals surface area contributed by atoms with E-state index in [1.165, 1.54) is 12.4 Å². The maximum atomic E-state index is 11.7. The van der Waals surface area contributed by atoms with Gasteiger partial charge in [-0.2, -0.15) is 10.2 Å². The molecule has 0 aromatic carbocycles. The average molecular weight is 272 g/mol. The number of aromatic nitrogens is 2. The lowest BCUT2D eigenvalue weighted by Crippen LogP contribution is -2.40. The third-order valence-electron chi connectivity index (χ3n) is 2.17. The van der Waals surface area contributed by atoms with Gasteiger partial charge < -0.3 is 10.1 Å². The number of ether oxygens (including phenoxy) is 1. The molecular formula is C9H10BrN3O2. The molecule has 1 N–H and O–H groups in total. The first-order valence-corrected chi connectivity index (χ1v) is 5.48. The zero-order valence-corrected chi connectivity index (χ0v) is 9.48. The number of carbonyl (C=O) groups excluding carboxylic acids is 1. The second kappa shape index (κ2) is 4.67. The van der Waals surface area contributed by atoms with Gasteiger partial charge in [-0.3, -0.25) is 4.79 Å². The van der Waals surface area contributed by atoms with Crippen LogP contribution >= 0.6 is 15.9 Å². The highest BCUT2D eigenvalue weighted by Crippen LogP contribution is 2.14. The van der Waals surface area contributed by atoms with Crippen LogP contribution in [-0.2, 0) is 4.74 Å². The highest BCUT2D eigenvalue weighted by atomic mass is 79.9. The van der Waals surface area contributed by atoms with E-state index in [0.29, 0.717) is 18.8 Å². The molecule has 2 heterocycles. The Morgan fingerprint density at radius 1 is 1.53 bits per heavy atom. The number of rotatable bonds is 2. The van der Waals surface area contributed by atoms with Gasteiger partial charge in [0.1, 0.15) is 0 Å². The summed E-state index contributed by atoms with van der Waals surface area (Å²) in [5, 5.41) is 10.1. The molecular weight excluding hydrogens is 262 g/mol. The van der Waals surface area contributed by atoms with Crippen LogP contribution in [0.2, 0.25) is 0 Å². The normalized spacial score (nSPS) is 25.1. The van der Waals surface area contributed by atoms with E-state index in [2.05, 4.69) is 31.4 Å². The lowest BCUT2D eigenvalue weighted by atomic mass is 10.2. The Labute approximate surface area is 95.4 Å². The number of alkyl halides is 1. The van der Waals surface area contributed by atoms with Crippen LogP contribution in [0, 0.1) is 0 Å². The maximum absolute atomic E-state index is 11.7. The number of nitrogens with one attached hydrogen (secondary N) is 1. The van der Waals surface area contributed by atoms with Gasteiger partial charge in [0.25, 0.3) is 5.91 Å². The van der Waals surface area contributed by atoms with Crippen molar-refractivity contribution in [2.24, 2.45) is 0 Å². The summed E-state index contributed by atoms with van der Waals surface area (Å²) < 4.78 is 5.22. The first kappa shape index (κ1) is 10.5. The second-order valence-corrected chi connectivity index (χ2v) is 4.44. The predicted molar refractivity (Wildman–Crippen MR) is 56.8 cm³/mol. The fraction of sp³-hybridized carbons (Fsp3) is 0.444. The van der Waals surface area contributed by atoms with Crippen molar-refractivity contribution in [2.75, 3.05) is 13.2 Å². The molecule has 2 rings (SSSR count). The van der Waals surface area contributed by atoms with Crippen molar-refractivity contribution < 1.29 is 9.53 Å². The van der Waals surface area contributed by atoms with Gasteiger partial charge in [-0.25, -0.2) is 0 Å². The van der Waals surface area contributed by atoms with Crippen LogP contribution in [-0.4, -0.2) is 40.2 Å². The fourth-order valence-electron chi connectivity index (χ4n) is 1.34. The van der Waals surface area contributed by atoms with Crippen LogP contribution in [0.5, 0.6) is 0 Å². The topological polar surface area (TPSA) is 64.1 Å². The van der Waals surface area contributed by atoms with Gasteiger partial charge in [0.05, 0.1) is 42.0 Å². The molecule has 1 aromatic rings. The van der Waals surface area contributed by atoms with Gasteiger partial charge in [-0.1, -0.05) is 15.9 Å². The van der Waals surface area contributed by atoms with E-state index in [1.807, 2.05) is 0 Å². The molecule has 0 saturated carbocycles. The second-order valence-electron chi connectivity index (χ2n) is 3.26. The standard InChI is InChI=1S/C9H10BrN3O2/c10-7-4-15-5-8(7)13-9(14)6-1-2-11-12-3-6/h1-3,7-8H,4-5H2,(H,13,14). The number of hydrogen-bond donors (Lipinski definition) is 1. The smallest absolute Gasteiger partial charge is 0.253 e. The van der Waals surface area contributed by atoms with Crippen LogP contribution in [0.15, 0.2) is 18.5 Å². The monoisotopic (exact) mass is 271 g/mol. The molecule has 2 atom stereocenters. The van der Waals surface area contributed by atoms with E-state index in [-0.39, 0.29) is 16.8 Å². The molecule has 1 amide bonds. The van der Waals surface area contributed by atoms with Crippen LogP contribution in [0.3, 0.4) is 0 Å². The Balaban J connectivity index is 1.98. The molecule has 1 fully saturated rings. The van der Waals surface area contributed by atoms with Crippen molar-refractivity contribution in [1.29, 1.82) is 0 Å². The molecule has 2 unspecified atom stereocenters. The molecule has 5 nitrogen and oxygen atoms in total. The van der Waals surface area contributed by atoms with Crippen LogP contribution < -0.4 is 5.32 Å². The zero-order chi connectivity index (χ0) is 10.7. The highest BCUT2D eigenvalue weighted by molar-refractivity contribution is 9.09. The van der Waals surface area contributed by atoms with Crippen molar-refractivity contribution in [2.45, 2.75) is 10.9 Å². The molecule has 1 aliphatic heterocycles. The highest BCUT2D eigenvalue weighted by Gasteiger charge is 2.27. The SMILES string of the molecule is O=C(NC1COCC1Br)c1ccnnc1. The Kier molecular flexibility index (Phi) is 3.27. The summed E-state index contributed by atoms with van der Waals surface area (Å²) in [6.45, 7) is 1.17. The van der Waals surface area contributed by atoms with Crippen molar-refractivity contribution in [3.8, 4) is 0 Å². The van der Waals surface area contributed by atoms with E-state index in [0.717, 1.165) is 0 Å². The maximum Gasteiger partial charge on any atom is 0.253 e. The molecule has 0 spiro atoms. The minimum Gasteiger partial charge on any atom is -0.378 e. The van der Waals surface area contributed by atoms with Crippen molar-refractivity contribution in [3.05, 3.63) is 24.0 Å². The Bertz CT molecular complexity index is 346. The summed E-state index contributed by atoms with van der Waals surface area (Å²) >= 11 is 3.44. The predicted octanol–water partition coefficient (Wildman–Crippen LogP) is 0.369. The van der Waals surface area contributed by atoms with Gasteiger partial charge >= 0.3 is 0 Å². The molecule has 0 bridgehead atoms. The summed E-state index contributed by atoms with van der Waals surface area (Å²) in [7, 11) is 0. The van der Waals surface area contributed by atoms with Gasteiger partial charge in [0.2, 0.25) is 0 Å². The van der Waals surface area contributed by atoms with E-state index < -0.39 is 0 Å². The lowest BCUT2D eigenvalue weighted by molar-refractivity contribution is 0.0930. The number of amides is 1. The minimum absolute atomic E-state index is 0.0191. The molecule has 0 aliphatic carbocycles. The summed E-state index contributed by atoms with van der Waals surface area (Å²) in [5.41, 5.74) is 0.511. The van der Waals surface area contributed by atoms with Crippen molar-refractivity contribution >= 4 is 21.8 Å². The number of nitrogens with zero attached hydrogens (tertiary/aromatic N) is 2. The molecule has 15 heavy (non-hydrogen) atoms. The van der Waals surface area contributed by atoms with Gasteiger partial charge in [-0.05, 0) is 6.07 Å². The number of hydrogen-bond acceptors (Lipinski definition) is 4. The molecule has 1 saturated heterocycles.